The molecule has 2 aliphatic carbocycles. The molecule has 1 aromatic carbocycles. The van der Waals surface area contributed by atoms with Gasteiger partial charge in [-0.2, -0.15) is 0 Å². The largest absolute Gasteiger partial charge is 0.481 e. The number of fused-ring (bicyclic) bond motifs is 9. The second-order valence-electron chi connectivity index (χ2n) is 10.5. The van der Waals surface area contributed by atoms with Crippen molar-refractivity contribution in [2.24, 2.45) is 29.6 Å². The molecule has 3 fully saturated rings. The average Bonchev–Trinajstić information content (AvgIpc) is 3.66. The van der Waals surface area contributed by atoms with Crippen molar-refractivity contribution in [2.45, 2.75) is 36.0 Å². The number of H-pyrrole nitrogens is 1. The van der Waals surface area contributed by atoms with Crippen LogP contribution in [0.5, 0.6) is 0 Å². The molecule has 1 saturated heterocycles. The lowest BCUT2D eigenvalue weighted by molar-refractivity contribution is -0.142. The Morgan fingerprint density at radius 1 is 1.08 bits per heavy atom. The number of furan rings is 1. The highest BCUT2D eigenvalue weighted by Gasteiger charge is 2.69. The number of hydrogen-bond acceptors (Lipinski definition) is 7. The molecule has 2 bridgehead atoms. The van der Waals surface area contributed by atoms with Gasteiger partial charge < -0.3 is 14.5 Å². The minimum Gasteiger partial charge on any atom is -0.481 e. The number of carboxylic acids is 1. The van der Waals surface area contributed by atoms with Crippen molar-refractivity contribution in [3.63, 3.8) is 0 Å². The number of imide groups is 1. The van der Waals surface area contributed by atoms with E-state index in [1.165, 1.54) is 16.2 Å². The molecular formula is C27H24N2O6S2. The number of amides is 2. The number of aryl methyl sites for hydroxylation is 1. The molecule has 2 aliphatic heterocycles. The Hall–Kier alpha value is -3.11. The highest BCUT2D eigenvalue weighted by Crippen LogP contribution is 2.68. The van der Waals surface area contributed by atoms with Crippen molar-refractivity contribution < 1.29 is 23.9 Å². The topological polar surface area (TPSA) is 121 Å². The van der Waals surface area contributed by atoms with Gasteiger partial charge in [0.2, 0.25) is 11.8 Å². The normalized spacial score (nSPS) is 31.5. The number of likely N-dealkylation sites (tertiary alicyclic amines) is 1. The number of aromatic amines is 1. The van der Waals surface area contributed by atoms with Gasteiger partial charge in [0.1, 0.15) is 11.5 Å². The van der Waals surface area contributed by atoms with Crippen LogP contribution in [0.2, 0.25) is 0 Å². The van der Waals surface area contributed by atoms with E-state index in [9.17, 15) is 19.2 Å². The minimum absolute atomic E-state index is 0.00172. The Balaban J connectivity index is 1.28. The predicted molar refractivity (Wildman–Crippen MR) is 136 cm³/mol. The van der Waals surface area contributed by atoms with Crippen molar-refractivity contribution in [2.75, 3.05) is 6.54 Å². The van der Waals surface area contributed by atoms with Crippen LogP contribution < -0.4 is 4.87 Å². The van der Waals surface area contributed by atoms with E-state index in [-0.39, 0.29) is 58.6 Å². The number of rotatable bonds is 5. The first-order valence-corrected chi connectivity index (χ1v) is 14.1. The van der Waals surface area contributed by atoms with Crippen LogP contribution in [0.3, 0.4) is 0 Å². The molecule has 2 N–H and O–H groups in total. The first kappa shape index (κ1) is 23.0. The number of aromatic nitrogens is 1. The van der Waals surface area contributed by atoms with E-state index in [0.717, 1.165) is 39.0 Å². The molecule has 0 spiro atoms. The van der Waals surface area contributed by atoms with Gasteiger partial charge in [0.25, 0.3) is 0 Å². The first-order valence-electron chi connectivity index (χ1n) is 12.5. The number of thioether (sulfide) groups is 1. The maximum atomic E-state index is 13.4. The molecule has 3 aromatic rings. The number of thiazole rings is 1. The summed E-state index contributed by atoms with van der Waals surface area (Å²) in [5.41, 5.74) is 2.13. The van der Waals surface area contributed by atoms with Gasteiger partial charge >= 0.3 is 10.8 Å². The first-order chi connectivity index (χ1) is 17.8. The minimum atomic E-state index is -1.03. The van der Waals surface area contributed by atoms with Gasteiger partial charge in [0, 0.05) is 17.4 Å². The second-order valence-corrected chi connectivity index (χ2v) is 12.7. The zero-order chi connectivity index (χ0) is 25.6. The summed E-state index contributed by atoms with van der Waals surface area (Å²) in [6, 6.07) is 12.1. The molecule has 4 heterocycles. The van der Waals surface area contributed by atoms with E-state index in [4.69, 9.17) is 9.52 Å². The Bertz CT molecular complexity index is 1500. The number of carbonyl (C=O) groups is 3. The predicted octanol–water partition coefficient (Wildman–Crippen LogP) is 3.95. The summed E-state index contributed by atoms with van der Waals surface area (Å²) in [5, 5.41) is 10.0. The molecule has 0 unspecified atom stereocenters. The van der Waals surface area contributed by atoms with E-state index >= 15 is 0 Å². The summed E-state index contributed by atoms with van der Waals surface area (Å²) in [6.45, 7) is 1.96. The molecule has 7 rings (SSSR count). The van der Waals surface area contributed by atoms with Crippen LogP contribution in [0.4, 0.5) is 0 Å². The van der Waals surface area contributed by atoms with E-state index < -0.39 is 17.8 Å². The summed E-state index contributed by atoms with van der Waals surface area (Å²) < 4.78 is 6.43. The van der Waals surface area contributed by atoms with Crippen molar-refractivity contribution >= 4 is 40.9 Å². The number of carbonyl (C=O) groups excluding carboxylic acids is 2. The van der Waals surface area contributed by atoms with Crippen LogP contribution in [0.15, 0.2) is 50.6 Å². The van der Waals surface area contributed by atoms with Crippen molar-refractivity contribution in [3.05, 3.63) is 62.3 Å². The fraction of sp³-hybridized carbons (Fsp3) is 0.407. The number of benzene rings is 1. The molecule has 8 nitrogen and oxygen atoms in total. The highest BCUT2D eigenvalue weighted by atomic mass is 32.2. The molecule has 190 valence electrons. The lowest BCUT2D eigenvalue weighted by Gasteiger charge is -2.42. The molecule has 10 heteroatoms. The Labute approximate surface area is 220 Å². The fourth-order valence-electron chi connectivity index (χ4n) is 7.22. The summed E-state index contributed by atoms with van der Waals surface area (Å²) in [7, 11) is 0. The molecule has 0 radical (unpaired) electrons. The number of nitrogens with one attached hydrogen (secondary N) is 1. The summed E-state index contributed by atoms with van der Waals surface area (Å²) in [5.74, 6) is -0.980. The van der Waals surface area contributed by atoms with Crippen LogP contribution >= 0.6 is 23.1 Å². The number of nitrogens with zero attached hydrogens (tertiary/aromatic N) is 1. The maximum Gasteiger partial charge on any atom is 0.305 e. The fourth-order valence-corrected chi connectivity index (χ4v) is 10.1. The van der Waals surface area contributed by atoms with E-state index in [1.54, 1.807) is 11.8 Å². The third-order valence-electron chi connectivity index (χ3n) is 8.63. The monoisotopic (exact) mass is 536 g/mol. The Kier molecular flexibility index (Phi) is 5.10. The summed E-state index contributed by atoms with van der Waals surface area (Å²) in [4.78, 5) is 55.2. The van der Waals surface area contributed by atoms with Gasteiger partial charge in [-0.15, -0.1) is 11.8 Å². The lowest BCUT2D eigenvalue weighted by atomic mass is 9.69. The third-order valence-corrected chi connectivity index (χ3v) is 11.2. The third kappa shape index (κ3) is 3.34. The van der Waals surface area contributed by atoms with Crippen LogP contribution in [0.1, 0.15) is 35.0 Å². The van der Waals surface area contributed by atoms with Crippen LogP contribution in [-0.4, -0.2) is 44.6 Å². The molecule has 7 atom stereocenters. The van der Waals surface area contributed by atoms with Gasteiger partial charge in [0.15, 0.2) is 0 Å². The van der Waals surface area contributed by atoms with Gasteiger partial charge in [-0.3, -0.25) is 24.1 Å². The molecular weight excluding hydrogens is 512 g/mol. The van der Waals surface area contributed by atoms with Gasteiger partial charge in [0.05, 0.1) is 34.1 Å². The maximum absolute atomic E-state index is 13.4. The second kappa shape index (κ2) is 8.19. The zero-order valence-electron chi connectivity index (χ0n) is 19.9. The smallest absolute Gasteiger partial charge is 0.305 e. The van der Waals surface area contributed by atoms with E-state index in [0.29, 0.717) is 0 Å². The number of carboxylic acid groups (broad SMARTS) is 1. The number of aliphatic carboxylic acids is 1. The van der Waals surface area contributed by atoms with Crippen LogP contribution in [-0.2, 0) is 14.4 Å². The van der Waals surface area contributed by atoms with E-state index in [1.807, 2.05) is 43.3 Å². The van der Waals surface area contributed by atoms with Crippen molar-refractivity contribution in [3.8, 4) is 11.3 Å². The van der Waals surface area contributed by atoms with Gasteiger partial charge in [-0.1, -0.05) is 41.2 Å². The molecule has 2 saturated carbocycles. The van der Waals surface area contributed by atoms with Gasteiger partial charge in [-0.05, 0) is 43.2 Å². The lowest BCUT2D eigenvalue weighted by Crippen LogP contribution is -2.42. The van der Waals surface area contributed by atoms with Crippen molar-refractivity contribution in [1.82, 2.24) is 9.88 Å². The van der Waals surface area contributed by atoms with E-state index in [2.05, 4.69) is 4.98 Å². The zero-order valence-corrected chi connectivity index (χ0v) is 21.5. The summed E-state index contributed by atoms with van der Waals surface area (Å²) >= 11 is 2.82. The number of hydrogen-bond donors (Lipinski definition) is 2. The summed E-state index contributed by atoms with van der Waals surface area (Å²) in [6.07, 6.45) is 0.534. The molecule has 37 heavy (non-hydrogen) atoms. The van der Waals surface area contributed by atoms with Crippen molar-refractivity contribution in [1.29, 1.82) is 0 Å². The van der Waals surface area contributed by atoms with Crippen LogP contribution in [0.25, 0.3) is 11.3 Å². The molecule has 2 amide bonds. The molecule has 2 aromatic heterocycles. The van der Waals surface area contributed by atoms with Crippen LogP contribution in [0, 0.1) is 36.5 Å². The Morgan fingerprint density at radius 3 is 2.54 bits per heavy atom. The standard InChI is InChI=1S/C27H24N2O6S2/c1-11-2-4-12(5-3-11)15-6-7-16(35-15)21-18-13-10-14(22(18)36-24-23(21)37-27(34)28-24)20-19(13)25(32)29(26(20)33)9-8-17(30)31/h2-7,13-14,18-22H,8-10H2,1H3,(H,28,34)(H,30,31)/t13-,14+,18-,19+,20+,21+,22-/m1/s1. The van der Waals surface area contributed by atoms with Gasteiger partial charge in [-0.25, -0.2) is 0 Å². The Morgan fingerprint density at radius 2 is 1.81 bits per heavy atom. The SMILES string of the molecule is Cc1ccc(-c2ccc([C@@H]3c4sc(=O)[nH]c4S[C@@H]4[C@H]5C[C@@H]([C@@H]6C(=O)N(CCC(=O)O)C(=O)[C@@H]56)[C@H]34)o2)cc1. The average molecular weight is 537 g/mol. The molecule has 4 aliphatic rings. The quantitative estimate of drug-likeness (QED) is 0.474. The highest BCUT2D eigenvalue weighted by molar-refractivity contribution is 8.00.